The van der Waals surface area contributed by atoms with Crippen LogP contribution in [0.1, 0.15) is 19.5 Å². The molecule has 4 N–H and O–H groups in total. The van der Waals surface area contributed by atoms with Gasteiger partial charge in [-0.1, -0.05) is 11.2 Å². The van der Waals surface area contributed by atoms with Crippen molar-refractivity contribution in [2.45, 2.75) is 32.0 Å². The van der Waals surface area contributed by atoms with E-state index in [1.807, 2.05) is 0 Å². The Morgan fingerprint density at radius 3 is 2.42 bits per heavy atom. The number of aromatic nitrogens is 2. The summed E-state index contributed by atoms with van der Waals surface area (Å²) in [5.74, 6) is -6.46. The lowest BCUT2D eigenvalue weighted by Gasteiger charge is -2.38. The van der Waals surface area contributed by atoms with Gasteiger partial charge in [-0.15, -0.1) is 11.3 Å². The minimum Gasteiger partial charge on any atom is -0.543 e. The van der Waals surface area contributed by atoms with E-state index in [1.54, 1.807) is 35.2 Å². The summed E-state index contributed by atoms with van der Waals surface area (Å²) < 4.78 is 1.61. The number of carbonyl (C=O) groups excluding carboxylic acids is 4. The summed E-state index contributed by atoms with van der Waals surface area (Å²) in [6.45, 7) is 2.36. The number of rotatable bonds is 11. The molecule has 2 aromatic heterocycles. The highest BCUT2D eigenvalue weighted by Gasteiger charge is 2.51. The van der Waals surface area contributed by atoms with Crippen LogP contribution in [0.3, 0.4) is 0 Å². The number of nitrogens with one attached hydrogen (secondary N) is 1. The molecule has 0 aliphatic carbocycles. The molecule has 200 valence electrons. The number of amides is 3. The zero-order valence-corrected chi connectivity index (χ0v) is 21.7. The molecule has 38 heavy (non-hydrogen) atoms. The van der Waals surface area contributed by atoms with Crippen LogP contribution in [0, 0.1) is 0 Å². The zero-order valence-electron chi connectivity index (χ0n) is 20.0. The van der Waals surface area contributed by atoms with Crippen molar-refractivity contribution in [3.05, 3.63) is 52.9 Å². The Hall–Kier alpha value is -4.31. The van der Waals surface area contributed by atoms with Crippen molar-refractivity contribution in [3.63, 3.8) is 0 Å². The molecule has 0 atom stereocenters. The summed E-state index contributed by atoms with van der Waals surface area (Å²) in [7, 11) is 0. The number of nitrogen functional groups attached to an aromatic ring is 1. The van der Waals surface area contributed by atoms with E-state index < -0.39 is 52.7 Å². The Balaban J connectivity index is 1.86. The summed E-state index contributed by atoms with van der Waals surface area (Å²) in [4.78, 5) is 71.2. The van der Waals surface area contributed by atoms with Gasteiger partial charge < -0.3 is 30.9 Å². The van der Waals surface area contributed by atoms with Gasteiger partial charge in [-0.3, -0.25) is 14.4 Å². The fourth-order valence-corrected chi connectivity index (χ4v) is 3.90. The van der Waals surface area contributed by atoms with Gasteiger partial charge in [-0.05, 0) is 13.8 Å². The highest BCUT2D eigenvalue weighted by molar-refractivity contribution is 7.80. The molecule has 0 bridgehead atoms. The number of imide groups is 1. The van der Waals surface area contributed by atoms with E-state index in [0.717, 1.165) is 11.3 Å². The highest BCUT2D eigenvalue weighted by atomic mass is 32.1. The number of carboxylic acids is 2. The maximum atomic E-state index is 13.0. The first-order valence-electron chi connectivity index (χ1n) is 10.7. The van der Waals surface area contributed by atoms with Crippen LogP contribution < -0.4 is 20.7 Å². The maximum absolute atomic E-state index is 13.0. The molecule has 3 rings (SSSR count). The van der Waals surface area contributed by atoms with Crippen LogP contribution in [0.4, 0.5) is 5.13 Å². The van der Waals surface area contributed by atoms with E-state index >= 15 is 0 Å². The zero-order chi connectivity index (χ0) is 28.2. The summed E-state index contributed by atoms with van der Waals surface area (Å²) >= 11 is 5.08. The third-order valence-electron chi connectivity index (χ3n) is 5.16. The molecular weight excluding hydrogens is 540 g/mol. The Bertz CT molecular complexity index is 1340. The van der Waals surface area contributed by atoms with Crippen molar-refractivity contribution >= 4 is 64.5 Å². The number of anilines is 1. The Labute approximate surface area is 224 Å². The molecule has 1 aliphatic heterocycles. The second kappa shape index (κ2) is 11.4. The molecule has 14 nitrogen and oxygen atoms in total. The van der Waals surface area contributed by atoms with E-state index in [9.17, 15) is 34.2 Å². The number of β-lactam (4-membered cyclic amide) rings is 2. The quantitative estimate of drug-likeness (QED) is 0.0454. The first-order valence-corrected chi connectivity index (χ1v) is 12.3. The monoisotopic (exact) mass is 562 g/mol. The predicted molar refractivity (Wildman–Crippen MR) is 132 cm³/mol. The maximum Gasteiger partial charge on any atom is 0.350 e. The van der Waals surface area contributed by atoms with Crippen LogP contribution in [-0.4, -0.2) is 67.8 Å². The van der Waals surface area contributed by atoms with E-state index in [0.29, 0.717) is 4.90 Å². The van der Waals surface area contributed by atoms with Crippen LogP contribution in [0.25, 0.3) is 0 Å². The molecule has 2 aromatic rings. The number of aliphatic carboxylic acids is 2. The standard InChI is InChI=1S/C22H22N6O8S2/c1-22(2,20(34)35)36-26-13(12-10-38-21(23)24-12)16(29)25-14-17(30)28(18(14)31)15(19(32)33)11(9-37)8-27-6-4-3-5-7-27/h3-7,10,14H,8-9H2,1-2H3,(H5-,23,24,25,29,32,33,34,35,37)/b15-11?,26-13-. The SMILES string of the molecule is CC(C)(O/N=C(\C(=O)NC1C(=O)N(C(C(=O)[O-])=C(CS)C[n+]2ccccc2)C1=O)c1csc(N)n1)C(=O)O. The molecule has 0 saturated carbocycles. The molecule has 1 saturated heterocycles. The average molecular weight is 563 g/mol. The lowest BCUT2D eigenvalue weighted by atomic mass is 10.0. The van der Waals surface area contributed by atoms with Gasteiger partial charge in [-0.2, -0.15) is 12.6 Å². The average Bonchev–Trinajstić information content (AvgIpc) is 3.30. The van der Waals surface area contributed by atoms with Gasteiger partial charge in [0.05, 0.1) is 11.7 Å². The smallest absolute Gasteiger partial charge is 0.350 e. The van der Waals surface area contributed by atoms with Gasteiger partial charge in [0.2, 0.25) is 5.60 Å². The van der Waals surface area contributed by atoms with E-state index in [4.69, 9.17) is 10.6 Å². The van der Waals surface area contributed by atoms with Gasteiger partial charge >= 0.3 is 5.97 Å². The van der Waals surface area contributed by atoms with Crippen LogP contribution in [0.2, 0.25) is 0 Å². The van der Waals surface area contributed by atoms with Crippen LogP contribution >= 0.6 is 24.0 Å². The number of carboxylic acid groups (broad SMARTS) is 2. The van der Waals surface area contributed by atoms with E-state index in [-0.39, 0.29) is 28.7 Å². The lowest BCUT2D eigenvalue weighted by molar-refractivity contribution is -0.689. The number of nitrogens with zero attached hydrogens (tertiary/aromatic N) is 4. The number of thiazole rings is 1. The summed E-state index contributed by atoms with van der Waals surface area (Å²) in [6, 6.07) is 3.41. The first-order chi connectivity index (χ1) is 17.9. The third kappa shape index (κ3) is 5.97. The second-order valence-electron chi connectivity index (χ2n) is 8.28. The molecular formula is C22H22N6O8S2. The number of hydrogen-bond acceptors (Lipinski definition) is 12. The van der Waals surface area contributed by atoms with Crippen molar-refractivity contribution < 1.29 is 43.6 Å². The van der Waals surface area contributed by atoms with Crippen molar-refractivity contribution in [1.82, 2.24) is 15.2 Å². The fourth-order valence-electron chi connectivity index (χ4n) is 3.10. The number of thiol groups is 1. The largest absolute Gasteiger partial charge is 0.543 e. The second-order valence-corrected chi connectivity index (χ2v) is 9.49. The third-order valence-corrected chi connectivity index (χ3v) is 6.22. The van der Waals surface area contributed by atoms with Crippen LogP contribution in [0.15, 0.2) is 52.4 Å². The van der Waals surface area contributed by atoms with Crippen molar-refractivity contribution in [2.75, 3.05) is 11.5 Å². The molecule has 0 aromatic carbocycles. The number of oxime groups is 1. The van der Waals surface area contributed by atoms with Crippen molar-refractivity contribution in [2.24, 2.45) is 5.16 Å². The van der Waals surface area contributed by atoms with Gasteiger partial charge in [0.25, 0.3) is 17.7 Å². The molecule has 0 radical (unpaired) electrons. The topological polar surface area (TPSA) is 208 Å². The van der Waals surface area contributed by atoms with E-state index in [2.05, 4.69) is 28.1 Å². The minimum atomic E-state index is -1.83. The minimum absolute atomic E-state index is 0.000490. The number of hydrogen-bond donors (Lipinski definition) is 4. The molecule has 16 heteroatoms. The number of nitrogens with two attached hydrogens (primary N) is 1. The molecule has 3 heterocycles. The first kappa shape index (κ1) is 28.3. The summed E-state index contributed by atoms with van der Waals surface area (Å²) in [5, 5.41) is 28.3. The van der Waals surface area contributed by atoms with Gasteiger partial charge in [0.15, 0.2) is 35.8 Å². The van der Waals surface area contributed by atoms with Crippen molar-refractivity contribution in [1.29, 1.82) is 0 Å². The summed E-state index contributed by atoms with van der Waals surface area (Å²) in [6.07, 6.45) is 3.30. The Morgan fingerprint density at radius 2 is 1.92 bits per heavy atom. The van der Waals surface area contributed by atoms with Gasteiger partial charge in [0.1, 0.15) is 5.69 Å². The highest BCUT2D eigenvalue weighted by Crippen LogP contribution is 2.23. The van der Waals surface area contributed by atoms with Gasteiger partial charge in [-0.25, -0.2) is 19.2 Å². The predicted octanol–water partition coefficient (Wildman–Crippen LogP) is -1.92. The molecule has 0 unspecified atom stereocenters. The molecule has 0 spiro atoms. The van der Waals surface area contributed by atoms with Crippen molar-refractivity contribution in [3.8, 4) is 0 Å². The van der Waals surface area contributed by atoms with E-state index in [1.165, 1.54) is 19.2 Å². The lowest BCUT2D eigenvalue weighted by Crippen LogP contribution is -2.69. The normalized spacial score (nSPS) is 15.0. The number of carbonyl (C=O) groups is 5. The van der Waals surface area contributed by atoms with Gasteiger partial charge in [0, 0.05) is 28.8 Å². The van der Waals surface area contributed by atoms with Crippen LogP contribution in [-0.2, 0) is 35.4 Å². The molecule has 3 amide bonds. The fraction of sp³-hybridized carbons (Fsp3) is 0.273. The molecule has 1 fully saturated rings. The van der Waals surface area contributed by atoms with Crippen LogP contribution in [0.5, 0.6) is 0 Å². The summed E-state index contributed by atoms with van der Waals surface area (Å²) in [5.41, 5.74) is 2.55. The Kier molecular flexibility index (Phi) is 8.47. The number of likely N-dealkylation sites (tertiary alicyclic amines) is 1. The molecule has 1 aliphatic rings. The Morgan fingerprint density at radius 1 is 1.29 bits per heavy atom. The number of pyridine rings is 1.